The van der Waals surface area contributed by atoms with E-state index in [0.29, 0.717) is 0 Å². The van der Waals surface area contributed by atoms with Crippen molar-refractivity contribution in [1.82, 2.24) is 0 Å². The Balaban J connectivity index is -0.0000000444. The Morgan fingerprint density at radius 1 is 0.160 bits per heavy atom. The first-order valence-corrected chi connectivity index (χ1v) is 21.6. The summed E-state index contributed by atoms with van der Waals surface area (Å²) in [5.41, 5.74) is 0. The largest absolute Gasteiger partial charge is 0.382 e. The third kappa shape index (κ3) is 267. The van der Waals surface area contributed by atoms with Crippen LogP contribution >= 0.6 is 0 Å². The van der Waals surface area contributed by atoms with Crippen LogP contribution in [0, 0.1) is 0 Å². The predicted molar refractivity (Wildman–Crippen MR) is 234 cm³/mol. The third-order valence-electron chi connectivity index (χ3n) is 5.28. The number of rotatable bonds is 20. The second kappa shape index (κ2) is 126. The van der Waals surface area contributed by atoms with Gasteiger partial charge in [-0.15, -0.1) is 0 Å². The van der Waals surface area contributed by atoms with Gasteiger partial charge in [-0.05, 0) is 83.1 Å². The molecule has 0 N–H and O–H groups in total. The molecule has 0 spiro atoms. The fourth-order valence-corrected chi connectivity index (χ4v) is 2.64. The first kappa shape index (κ1) is 74.8. The number of ether oxygens (including phenoxy) is 6. The molecule has 0 heterocycles. The van der Waals surface area contributed by atoms with Crippen molar-refractivity contribution in [3.8, 4) is 0 Å². The molecule has 0 saturated heterocycles. The zero-order valence-corrected chi connectivity index (χ0v) is 39.4. The Kier molecular flexibility index (Phi) is 188. The zero-order chi connectivity index (χ0) is 41.2. The van der Waals surface area contributed by atoms with Crippen LogP contribution in [-0.4, -0.2) is 79.3 Å². The summed E-state index contributed by atoms with van der Waals surface area (Å²) >= 11 is 0. The minimum atomic E-state index is 0.844. The maximum absolute atomic E-state index is 4.83. The molecule has 0 aliphatic rings. The highest BCUT2D eigenvalue weighted by Gasteiger charge is 1.70. The topological polar surface area (TPSA) is 55.4 Å². The van der Waals surface area contributed by atoms with Gasteiger partial charge in [-0.3, -0.25) is 0 Å². The molecule has 0 fully saturated rings. The Morgan fingerprint density at radius 3 is 0.240 bits per heavy atom. The monoisotopic (exact) mass is 733 g/mol. The standard InChI is InChI=1S/4C5H12.6C4H10O/c10*1-3-5-4-2/h4*3-5H2,1-2H3;6*3-4H2,1-2H3. The Hall–Kier alpha value is -0.240. The average molecular weight is 733 g/mol. The quantitative estimate of drug-likeness (QED) is 0.124. The second-order valence-electron chi connectivity index (χ2n) is 10.1. The summed E-state index contributed by atoms with van der Waals surface area (Å²) in [5, 5.41) is 0. The maximum Gasteiger partial charge on any atom is 0.0437 e. The van der Waals surface area contributed by atoms with Crippen molar-refractivity contribution in [3.63, 3.8) is 0 Å². The molecule has 0 atom stereocenters. The minimum Gasteiger partial charge on any atom is -0.382 e. The highest BCUT2D eigenvalue weighted by Crippen LogP contribution is 1.89. The van der Waals surface area contributed by atoms with E-state index in [1.54, 1.807) is 0 Å². The van der Waals surface area contributed by atoms with Crippen LogP contribution in [0.2, 0.25) is 0 Å². The molecule has 0 aliphatic heterocycles. The fraction of sp³-hybridized carbons (Fsp3) is 1.00. The van der Waals surface area contributed by atoms with E-state index in [-0.39, 0.29) is 0 Å². The first-order valence-electron chi connectivity index (χ1n) is 21.6. The van der Waals surface area contributed by atoms with Gasteiger partial charge in [0.05, 0.1) is 0 Å². The molecule has 0 bridgehead atoms. The lowest BCUT2D eigenvalue weighted by Gasteiger charge is -1.86. The summed E-state index contributed by atoms with van der Waals surface area (Å²) in [6, 6.07) is 0. The van der Waals surface area contributed by atoms with E-state index in [1.807, 2.05) is 83.1 Å². The molecular formula is C44H108O6. The van der Waals surface area contributed by atoms with Crippen molar-refractivity contribution >= 4 is 0 Å². The van der Waals surface area contributed by atoms with Crippen LogP contribution in [0.5, 0.6) is 0 Å². The van der Waals surface area contributed by atoms with Crippen molar-refractivity contribution in [2.75, 3.05) is 79.3 Å². The lowest BCUT2D eigenvalue weighted by Crippen LogP contribution is -1.84. The molecule has 0 radical (unpaired) electrons. The van der Waals surface area contributed by atoms with Gasteiger partial charge in [0, 0.05) is 79.3 Å². The maximum atomic E-state index is 4.83. The number of unbranched alkanes of at least 4 members (excludes halogenated alkanes) is 8. The highest BCUT2D eigenvalue weighted by atomic mass is 16.5. The van der Waals surface area contributed by atoms with Gasteiger partial charge >= 0.3 is 0 Å². The molecule has 0 aromatic heterocycles. The molecule has 6 heteroatoms. The van der Waals surface area contributed by atoms with Crippen LogP contribution in [0.3, 0.4) is 0 Å². The van der Waals surface area contributed by atoms with Gasteiger partial charge < -0.3 is 28.4 Å². The molecule has 6 nitrogen and oxygen atoms in total. The van der Waals surface area contributed by atoms with Gasteiger partial charge in [-0.1, -0.05) is 132 Å². The van der Waals surface area contributed by atoms with E-state index in [1.165, 1.54) is 77.0 Å². The van der Waals surface area contributed by atoms with Crippen molar-refractivity contribution in [2.24, 2.45) is 0 Å². The zero-order valence-electron chi connectivity index (χ0n) is 39.4. The molecule has 0 aromatic rings. The van der Waals surface area contributed by atoms with Crippen molar-refractivity contribution in [2.45, 2.75) is 216 Å². The molecule has 320 valence electrons. The van der Waals surface area contributed by atoms with Crippen LogP contribution in [0.4, 0.5) is 0 Å². The summed E-state index contributed by atoms with van der Waals surface area (Å²) in [6.45, 7) is 51.7. The lowest BCUT2D eigenvalue weighted by molar-refractivity contribution is 0.162. The van der Waals surface area contributed by atoms with Crippen LogP contribution < -0.4 is 0 Å². The molecule has 0 amide bonds. The fourth-order valence-electron chi connectivity index (χ4n) is 2.64. The first-order chi connectivity index (χ1) is 24.1. The van der Waals surface area contributed by atoms with Gasteiger partial charge in [0.1, 0.15) is 0 Å². The Morgan fingerprint density at radius 2 is 0.240 bits per heavy atom. The molecule has 0 aromatic carbocycles. The van der Waals surface area contributed by atoms with Crippen molar-refractivity contribution in [3.05, 3.63) is 0 Å². The molecule has 0 aliphatic carbocycles. The van der Waals surface area contributed by atoms with Crippen LogP contribution in [0.25, 0.3) is 0 Å². The van der Waals surface area contributed by atoms with E-state index in [0.717, 1.165) is 79.3 Å². The van der Waals surface area contributed by atoms with E-state index >= 15 is 0 Å². The van der Waals surface area contributed by atoms with E-state index < -0.39 is 0 Å². The Labute approximate surface area is 322 Å². The van der Waals surface area contributed by atoms with E-state index in [4.69, 9.17) is 28.4 Å². The van der Waals surface area contributed by atoms with E-state index in [9.17, 15) is 0 Å². The number of hydrogen-bond acceptors (Lipinski definition) is 6. The van der Waals surface area contributed by atoms with Crippen LogP contribution in [-0.2, 0) is 28.4 Å². The van der Waals surface area contributed by atoms with Gasteiger partial charge in [0.2, 0.25) is 0 Å². The van der Waals surface area contributed by atoms with Crippen LogP contribution in [0.15, 0.2) is 0 Å². The van der Waals surface area contributed by atoms with Gasteiger partial charge in [0.25, 0.3) is 0 Å². The summed E-state index contributed by atoms with van der Waals surface area (Å²) in [4.78, 5) is 0. The average Bonchev–Trinajstić information content (AvgIpc) is 3.11. The van der Waals surface area contributed by atoms with E-state index in [2.05, 4.69) is 55.4 Å². The smallest absolute Gasteiger partial charge is 0.0437 e. The predicted octanol–water partition coefficient (Wildman–Crippen LogP) is 15.0. The number of hydrogen-bond donors (Lipinski definition) is 0. The second-order valence-corrected chi connectivity index (χ2v) is 10.1. The Bertz CT molecular complexity index is 201. The summed E-state index contributed by atoms with van der Waals surface area (Å²) in [7, 11) is 0. The normalized spacial score (nSPS) is 8.40. The molecular weight excluding hydrogens is 624 g/mol. The summed E-state index contributed by atoms with van der Waals surface area (Å²) in [5.74, 6) is 0. The van der Waals surface area contributed by atoms with Gasteiger partial charge in [-0.25, -0.2) is 0 Å². The molecule has 0 saturated carbocycles. The molecule has 50 heavy (non-hydrogen) atoms. The van der Waals surface area contributed by atoms with Crippen molar-refractivity contribution < 1.29 is 28.4 Å². The SMILES string of the molecule is CCCCC.CCCCC.CCCCC.CCCCC.CCOCC.CCOCC.CCOCC.CCOCC.CCOCC.CCOCC. The summed E-state index contributed by atoms with van der Waals surface area (Å²) < 4.78 is 29.0. The van der Waals surface area contributed by atoms with Gasteiger partial charge in [-0.2, -0.15) is 0 Å². The molecule has 0 unspecified atom stereocenters. The van der Waals surface area contributed by atoms with Crippen molar-refractivity contribution in [1.29, 1.82) is 0 Å². The van der Waals surface area contributed by atoms with Gasteiger partial charge in [0.15, 0.2) is 0 Å². The lowest BCUT2D eigenvalue weighted by atomic mass is 10.3. The highest BCUT2D eigenvalue weighted by molar-refractivity contribution is 4.25. The minimum absolute atomic E-state index is 0.844. The summed E-state index contributed by atoms with van der Waals surface area (Å²) in [6.07, 6.45) is 16.3. The van der Waals surface area contributed by atoms with Crippen LogP contribution in [0.1, 0.15) is 216 Å². The molecule has 0 rings (SSSR count). The third-order valence-corrected chi connectivity index (χ3v) is 5.28.